The standard InChI is InChI=1S/C17H13F3N2O2S/c1-10-3-2-4-11(7-10)22-25(24)12-5-6-15-13(8-12)14(17(18,19)20)9-16(23)21-15/h2-9,22H,1H3,(H,21,23). The Morgan fingerprint density at radius 1 is 1.08 bits per heavy atom. The molecule has 0 saturated carbocycles. The van der Waals surface area contributed by atoms with Gasteiger partial charge in [0.1, 0.15) is 11.0 Å². The molecule has 0 aliphatic rings. The van der Waals surface area contributed by atoms with Crippen molar-refractivity contribution in [3.63, 3.8) is 0 Å². The van der Waals surface area contributed by atoms with E-state index >= 15 is 0 Å². The van der Waals surface area contributed by atoms with E-state index in [0.29, 0.717) is 11.8 Å². The Balaban J connectivity index is 2.04. The van der Waals surface area contributed by atoms with E-state index in [1.165, 1.54) is 18.2 Å². The number of alkyl halides is 3. The first-order valence-electron chi connectivity index (χ1n) is 7.23. The minimum absolute atomic E-state index is 0.0381. The van der Waals surface area contributed by atoms with Crippen LogP contribution in [0.4, 0.5) is 18.9 Å². The highest BCUT2D eigenvalue weighted by molar-refractivity contribution is 7.86. The number of benzene rings is 2. The smallest absolute Gasteiger partial charge is 0.322 e. The first kappa shape index (κ1) is 17.2. The average molecular weight is 366 g/mol. The third-order valence-corrected chi connectivity index (χ3v) is 4.67. The van der Waals surface area contributed by atoms with Crippen LogP contribution in [0.3, 0.4) is 0 Å². The van der Waals surface area contributed by atoms with Gasteiger partial charge >= 0.3 is 6.18 Å². The summed E-state index contributed by atoms with van der Waals surface area (Å²) in [6.45, 7) is 1.87. The number of aromatic amines is 1. The van der Waals surface area contributed by atoms with Gasteiger partial charge in [0.2, 0.25) is 5.56 Å². The van der Waals surface area contributed by atoms with E-state index in [1.807, 2.05) is 13.0 Å². The Morgan fingerprint density at radius 3 is 2.52 bits per heavy atom. The molecule has 0 amide bonds. The molecule has 1 heterocycles. The third-order valence-electron chi connectivity index (χ3n) is 3.56. The van der Waals surface area contributed by atoms with E-state index in [1.54, 1.807) is 18.2 Å². The second-order valence-electron chi connectivity index (χ2n) is 5.49. The lowest BCUT2D eigenvalue weighted by Crippen LogP contribution is -2.14. The first-order chi connectivity index (χ1) is 11.7. The number of hydrogen-bond donors (Lipinski definition) is 2. The summed E-state index contributed by atoms with van der Waals surface area (Å²) in [4.78, 5) is 13.9. The van der Waals surface area contributed by atoms with Crippen LogP contribution in [0.25, 0.3) is 10.9 Å². The molecule has 130 valence electrons. The monoisotopic (exact) mass is 366 g/mol. The molecule has 0 bridgehead atoms. The van der Waals surface area contributed by atoms with Gasteiger partial charge in [0.05, 0.1) is 10.5 Å². The number of aromatic nitrogens is 1. The maximum Gasteiger partial charge on any atom is 0.417 e. The molecule has 8 heteroatoms. The fourth-order valence-corrected chi connectivity index (χ4v) is 3.33. The molecule has 2 aromatic carbocycles. The van der Waals surface area contributed by atoms with Crippen LogP contribution < -0.4 is 10.3 Å². The van der Waals surface area contributed by atoms with E-state index in [-0.39, 0.29) is 15.8 Å². The number of aryl methyl sites for hydroxylation is 1. The van der Waals surface area contributed by atoms with E-state index in [4.69, 9.17) is 0 Å². The predicted octanol–water partition coefficient (Wildman–Crippen LogP) is 3.99. The minimum Gasteiger partial charge on any atom is -0.322 e. The van der Waals surface area contributed by atoms with Crippen LogP contribution in [-0.4, -0.2) is 9.19 Å². The molecule has 1 atom stereocenters. The number of pyridine rings is 1. The fourth-order valence-electron chi connectivity index (χ4n) is 2.46. The van der Waals surface area contributed by atoms with Gasteiger partial charge in [0, 0.05) is 22.7 Å². The van der Waals surface area contributed by atoms with Crippen molar-refractivity contribution in [3.8, 4) is 0 Å². The largest absolute Gasteiger partial charge is 0.417 e. The van der Waals surface area contributed by atoms with Crippen molar-refractivity contribution in [3.05, 3.63) is 70.0 Å². The summed E-state index contributed by atoms with van der Waals surface area (Å²) in [5, 5.41) is -0.205. The minimum atomic E-state index is -4.68. The van der Waals surface area contributed by atoms with Crippen molar-refractivity contribution in [2.75, 3.05) is 4.72 Å². The quantitative estimate of drug-likeness (QED) is 0.736. The van der Waals surface area contributed by atoms with Gasteiger partial charge in [-0.15, -0.1) is 0 Å². The third kappa shape index (κ3) is 3.74. The highest BCUT2D eigenvalue weighted by Gasteiger charge is 2.33. The molecule has 25 heavy (non-hydrogen) atoms. The molecule has 4 nitrogen and oxygen atoms in total. The second kappa shape index (κ2) is 6.36. The molecule has 2 N–H and O–H groups in total. The predicted molar refractivity (Wildman–Crippen MR) is 90.8 cm³/mol. The number of anilines is 1. The summed E-state index contributed by atoms with van der Waals surface area (Å²) in [7, 11) is -1.75. The zero-order valence-corrected chi connectivity index (χ0v) is 13.8. The molecule has 0 aliphatic carbocycles. The number of fused-ring (bicyclic) bond motifs is 1. The van der Waals surface area contributed by atoms with Gasteiger partial charge in [-0.25, -0.2) is 4.21 Å². The molecule has 3 aromatic rings. The van der Waals surface area contributed by atoms with Gasteiger partial charge < -0.3 is 9.71 Å². The van der Waals surface area contributed by atoms with Crippen molar-refractivity contribution in [1.82, 2.24) is 4.98 Å². The second-order valence-corrected chi connectivity index (χ2v) is 6.71. The summed E-state index contributed by atoms with van der Waals surface area (Å²) < 4.78 is 54.7. The SMILES string of the molecule is Cc1cccc(NS(=O)c2ccc3[nH]c(=O)cc(C(F)(F)F)c3c2)c1. The molecule has 1 unspecified atom stereocenters. The fraction of sp³-hybridized carbons (Fsp3) is 0.118. The van der Waals surface area contributed by atoms with E-state index in [2.05, 4.69) is 9.71 Å². The van der Waals surface area contributed by atoms with E-state index in [9.17, 15) is 22.2 Å². The molecule has 0 aliphatic heterocycles. The number of rotatable bonds is 3. The molecule has 3 rings (SSSR count). The topological polar surface area (TPSA) is 62.0 Å². The van der Waals surface area contributed by atoms with Crippen molar-refractivity contribution in [2.24, 2.45) is 0 Å². The van der Waals surface area contributed by atoms with Crippen molar-refractivity contribution in [1.29, 1.82) is 0 Å². The summed E-state index contributed by atoms with van der Waals surface area (Å²) in [6.07, 6.45) is -4.68. The Kier molecular flexibility index (Phi) is 4.38. The summed E-state index contributed by atoms with van der Waals surface area (Å²) in [5.41, 5.74) is -0.309. The summed E-state index contributed by atoms with van der Waals surface area (Å²) in [5.74, 6) is 0. The normalized spacial score (nSPS) is 13.0. The molecule has 0 radical (unpaired) electrons. The summed E-state index contributed by atoms with van der Waals surface area (Å²) >= 11 is 0. The lowest BCUT2D eigenvalue weighted by Gasteiger charge is -2.12. The van der Waals surface area contributed by atoms with Crippen molar-refractivity contribution in [2.45, 2.75) is 18.0 Å². The zero-order chi connectivity index (χ0) is 18.2. The van der Waals surface area contributed by atoms with Crippen LogP contribution in [0.2, 0.25) is 0 Å². The van der Waals surface area contributed by atoms with Gasteiger partial charge in [-0.2, -0.15) is 13.2 Å². The van der Waals surface area contributed by atoms with Crippen LogP contribution >= 0.6 is 0 Å². The van der Waals surface area contributed by atoms with Crippen LogP contribution in [-0.2, 0) is 17.2 Å². The van der Waals surface area contributed by atoms with E-state index in [0.717, 1.165) is 5.56 Å². The van der Waals surface area contributed by atoms with Gasteiger partial charge in [-0.1, -0.05) is 12.1 Å². The molecule has 1 aromatic heterocycles. The summed E-state index contributed by atoms with van der Waals surface area (Å²) in [6, 6.07) is 11.5. The molecule has 0 fully saturated rings. The van der Waals surface area contributed by atoms with Gasteiger partial charge in [0.25, 0.3) is 0 Å². The highest BCUT2D eigenvalue weighted by atomic mass is 32.2. The number of hydrogen-bond acceptors (Lipinski definition) is 2. The number of halogens is 3. The molecule has 0 spiro atoms. The van der Waals surface area contributed by atoms with Crippen LogP contribution in [0.5, 0.6) is 0 Å². The number of H-pyrrole nitrogens is 1. The Morgan fingerprint density at radius 2 is 1.84 bits per heavy atom. The average Bonchev–Trinajstić information content (AvgIpc) is 2.52. The maximum absolute atomic E-state index is 13.2. The van der Waals surface area contributed by atoms with E-state index < -0.39 is 28.3 Å². The van der Waals surface area contributed by atoms with Crippen LogP contribution in [0, 0.1) is 6.92 Å². The van der Waals surface area contributed by atoms with Gasteiger partial charge in [-0.3, -0.25) is 4.79 Å². The Labute approximate surface area is 143 Å². The first-order valence-corrected chi connectivity index (χ1v) is 8.38. The van der Waals surface area contributed by atoms with Crippen molar-refractivity contribution >= 4 is 27.6 Å². The maximum atomic E-state index is 13.2. The Bertz CT molecular complexity index is 1030. The van der Waals surface area contributed by atoms with Crippen LogP contribution in [0.1, 0.15) is 11.1 Å². The molecular formula is C17H13F3N2O2S. The van der Waals surface area contributed by atoms with Crippen LogP contribution in [0.15, 0.2) is 58.2 Å². The zero-order valence-electron chi connectivity index (χ0n) is 13.0. The molecular weight excluding hydrogens is 353 g/mol. The lowest BCUT2D eigenvalue weighted by molar-refractivity contribution is -0.136. The Hall–Kier alpha value is -2.61. The highest BCUT2D eigenvalue weighted by Crippen LogP contribution is 2.34. The molecule has 0 saturated heterocycles. The van der Waals surface area contributed by atoms with Gasteiger partial charge in [0.15, 0.2) is 0 Å². The number of nitrogens with one attached hydrogen (secondary N) is 2. The van der Waals surface area contributed by atoms with Crippen molar-refractivity contribution < 1.29 is 17.4 Å². The van der Waals surface area contributed by atoms with Gasteiger partial charge in [-0.05, 0) is 42.8 Å². The lowest BCUT2D eigenvalue weighted by atomic mass is 10.1.